The quantitative estimate of drug-likeness (QED) is 0.486. The lowest BCUT2D eigenvalue weighted by molar-refractivity contribution is 0.0600. The Labute approximate surface area is 115 Å². The van der Waals surface area contributed by atoms with Gasteiger partial charge >= 0.3 is 5.97 Å². The number of carbonyl (C=O) groups is 2. The number of hydrogen-bond acceptors (Lipinski definition) is 4. The smallest absolute Gasteiger partial charge is 0.338 e. The fourth-order valence-electron chi connectivity index (χ4n) is 1.60. The molecule has 2 rings (SSSR count). The van der Waals surface area contributed by atoms with E-state index >= 15 is 0 Å². The second kappa shape index (κ2) is 6.11. The van der Waals surface area contributed by atoms with Gasteiger partial charge in [0.05, 0.1) is 17.6 Å². The van der Waals surface area contributed by atoms with Gasteiger partial charge in [0.1, 0.15) is 0 Å². The average molecular weight is 272 g/mol. The molecule has 0 spiro atoms. The zero-order valence-corrected chi connectivity index (χ0v) is 11.1. The van der Waals surface area contributed by atoms with Crippen molar-refractivity contribution in [1.29, 1.82) is 0 Å². The fourth-order valence-corrected chi connectivity index (χ4v) is 2.25. The highest BCUT2D eigenvalue weighted by atomic mass is 32.1. The van der Waals surface area contributed by atoms with Crippen molar-refractivity contribution in [3.05, 3.63) is 63.9 Å². The maximum Gasteiger partial charge on any atom is 0.338 e. The zero-order chi connectivity index (χ0) is 13.7. The number of carbonyl (C=O) groups excluding carboxylic acids is 2. The summed E-state index contributed by atoms with van der Waals surface area (Å²) in [4.78, 5) is 24.1. The third kappa shape index (κ3) is 3.17. The Morgan fingerprint density at radius 3 is 2.63 bits per heavy atom. The van der Waals surface area contributed by atoms with E-state index in [9.17, 15) is 9.59 Å². The summed E-state index contributed by atoms with van der Waals surface area (Å²) in [5, 5.41) is 1.85. The van der Waals surface area contributed by atoms with Crippen molar-refractivity contribution in [2.45, 2.75) is 0 Å². The van der Waals surface area contributed by atoms with Crippen molar-refractivity contribution in [1.82, 2.24) is 0 Å². The van der Waals surface area contributed by atoms with Crippen molar-refractivity contribution in [3.63, 3.8) is 0 Å². The van der Waals surface area contributed by atoms with Crippen LogP contribution < -0.4 is 0 Å². The standard InChI is InChI=1S/C15H12O3S/c1-18-15(17)12-6-3-2-5-11(12)8-9-13(16)14-7-4-10-19-14/h2-10H,1H3/b9-8+. The molecule has 0 bridgehead atoms. The number of ketones is 1. The van der Waals surface area contributed by atoms with E-state index in [1.54, 1.807) is 30.3 Å². The summed E-state index contributed by atoms with van der Waals surface area (Å²) in [6.07, 6.45) is 3.10. The van der Waals surface area contributed by atoms with Crippen LogP contribution in [0.15, 0.2) is 47.9 Å². The lowest BCUT2D eigenvalue weighted by Crippen LogP contribution is -2.03. The van der Waals surface area contributed by atoms with E-state index in [-0.39, 0.29) is 5.78 Å². The molecule has 0 aliphatic carbocycles. The molecule has 2 aromatic rings. The van der Waals surface area contributed by atoms with Crippen LogP contribution in [0.3, 0.4) is 0 Å². The highest BCUT2D eigenvalue weighted by Gasteiger charge is 2.09. The Balaban J connectivity index is 2.24. The summed E-state index contributed by atoms with van der Waals surface area (Å²) in [6, 6.07) is 10.6. The summed E-state index contributed by atoms with van der Waals surface area (Å²) in [7, 11) is 1.33. The first-order valence-corrected chi connectivity index (χ1v) is 6.53. The summed E-state index contributed by atoms with van der Waals surface area (Å²) in [5.41, 5.74) is 1.11. The predicted octanol–water partition coefficient (Wildman–Crippen LogP) is 3.43. The van der Waals surface area contributed by atoms with E-state index in [2.05, 4.69) is 0 Å². The molecule has 0 fully saturated rings. The van der Waals surface area contributed by atoms with E-state index in [4.69, 9.17) is 4.74 Å². The number of hydrogen-bond donors (Lipinski definition) is 0. The van der Waals surface area contributed by atoms with Gasteiger partial charge < -0.3 is 4.74 Å². The molecule has 0 radical (unpaired) electrons. The Morgan fingerprint density at radius 1 is 1.16 bits per heavy atom. The van der Waals surface area contributed by atoms with Crippen LogP contribution in [0.1, 0.15) is 25.6 Å². The maximum atomic E-state index is 11.8. The van der Waals surface area contributed by atoms with E-state index in [0.29, 0.717) is 16.0 Å². The number of rotatable bonds is 4. The molecule has 0 saturated carbocycles. The molecule has 0 N–H and O–H groups in total. The number of thiophene rings is 1. The van der Waals surface area contributed by atoms with Crippen LogP contribution in [-0.2, 0) is 4.74 Å². The summed E-state index contributed by atoms with van der Waals surface area (Å²) < 4.78 is 4.70. The third-order valence-corrected chi connectivity index (χ3v) is 3.43. The minimum absolute atomic E-state index is 0.0744. The second-order valence-electron chi connectivity index (χ2n) is 3.75. The molecule has 1 heterocycles. The van der Waals surface area contributed by atoms with Crippen LogP contribution in [0.4, 0.5) is 0 Å². The lowest BCUT2D eigenvalue weighted by Gasteiger charge is -2.02. The van der Waals surface area contributed by atoms with Gasteiger partial charge in [0.2, 0.25) is 0 Å². The van der Waals surface area contributed by atoms with E-state index in [0.717, 1.165) is 0 Å². The van der Waals surface area contributed by atoms with Gasteiger partial charge in [-0.1, -0.05) is 30.3 Å². The van der Waals surface area contributed by atoms with Gasteiger partial charge in [-0.3, -0.25) is 4.79 Å². The van der Waals surface area contributed by atoms with Gasteiger partial charge in [0.15, 0.2) is 5.78 Å². The van der Waals surface area contributed by atoms with E-state index < -0.39 is 5.97 Å². The minimum atomic E-state index is -0.413. The van der Waals surface area contributed by atoms with Crippen LogP contribution in [0, 0.1) is 0 Å². The molecule has 0 atom stereocenters. The molecule has 3 nitrogen and oxygen atoms in total. The van der Waals surface area contributed by atoms with Crippen LogP contribution >= 0.6 is 11.3 Å². The molecule has 0 unspecified atom stereocenters. The summed E-state index contributed by atoms with van der Waals surface area (Å²) in [5.74, 6) is -0.488. The summed E-state index contributed by atoms with van der Waals surface area (Å²) in [6.45, 7) is 0. The summed E-state index contributed by atoms with van der Waals surface area (Å²) >= 11 is 1.39. The molecule has 1 aromatic heterocycles. The molecule has 0 saturated heterocycles. The zero-order valence-electron chi connectivity index (χ0n) is 10.3. The number of ether oxygens (including phenoxy) is 1. The average Bonchev–Trinajstić information content (AvgIpc) is 2.98. The second-order valence-corrected chi connectivity index (χ2v) is 4.70. The fraction of sp³-hybridized carbons (Fsp3) is 0.0667. The highest BCUT2D eigenvalue weighted by Crippen LogP contribution is 2.14. The topological polar surface area (TPSA) is 43.4 Å². The molecule has 1 aromatic carbocycles. The molecule has 0 amide bonds. The van der Waals surface area contributed by atoms with Crippen LogP contribution in [0.2, 0.25) is 0 Å². The Bertz CT molecular complexity index is 612. The van der Waals surface area contributed by atoms with E-state index in [1.165, 1.54) is 24.5 Å². The first-order valence-electron chi connectivity index (χ1n) is 5.65. The van der Waals surface area contributed by atoms with Crippen LogP contribution in [-0.4, -0.2) is 18.9 Å². The third-order valence-electron chi connectivity index (χ3n) is 2.54. The van der Waals surface area contributed by atoms with E-state index in [1.807, 2.05) is 17.5 Å². The van der Waals surface area contributed by atoms with Gasteiger partial charge in [0, 0.05) is 0 Å². The molecular weight excluding hydrogens is 260 g/mol. The van der Waals surface area contributed by atoms with Gasteiger partial charge in [-0.15, -0.1) is 11.3 Å². The van der Waals surface area contributed by atoms with Crippen molar-refractivity contribution in [3.8, 4) is 0 Å². The number of allylic oxidation sites excluding steroid dienone is 1. The minimum Gasteiger partial charge on any atom is -0.465 e. The largest absolute Gasteiger partial charge is 0.465 e. The highest BCUT2D eigenvalue weighted by molar-refractivity contribution is 7.12. The van der Waals surface area contributed by atoms with Crippen molar-refractivity contribution >= 4 is 29.2 Å². The van der Waals surface area contributed by atoms with Crippen molar-refractivity contribution < 1.29 is 14.3 Å². The van der Waals surface area contributed by atoms with Gasteiger partial charge in [0.25, 0.3) is 0 Å². The normalized spacial score (nSPS) is 10.6. The van der Waals surface area contributed by atoms with Crippen molar-refractivity contribution in [2.24, 2.45) is 0 Å². The molecule has 4 heteroatoms. The molecule has 19 heavy (non-hydrogen) atoms. The SMILES string of the molecule is COC(=O)c1ccccc1/C=C/C(=O)c1cccs1. The van der Waals surface area contributed by atoms with Crippen molar-refractivity contribution in [2.75, 3.05) is 7.11 Å². The maximum absolute atomic E-state index is 11.8. The number of esters is 1. The molecule has 0 aliphatic heterocycles. The first kappa shape index (κ1) is 13.2. The number of benzene rings is 1. The molecular formula is C15H12O3S. The molecule has 96 valence electrons. The van der Waals surface area contributed by atoms with Gasteiger partial charge in [-0.05, 0) is 29.2 Å². The first-order chi connectivity index (χ1) is 9.22. The van der Waals surface area contributed by atoms with Gasteiger partial charge in [-0.2, -0.15) is 0 Å². The lowest BCUT2D eigenvalue weighted by atomic mass is 10.1. The Hall–Kier alpha value is -2.20. The number of methoxy groups -OCH3 is 1. The van der Waals surface area contributed by atoms with Gasteiger partial charge in [-0.25, -0.2) is 4.79 Å². The van der Waals surface area contributed by atoms with Crippen LogP contribution in [0.5, 0.6) is 0 Å². The predicted molar refractivity (Wildman–Crippen MR) is 75.5 cm³/mol. The Morgan fingerprint density at radius 2 is 1.95 bits per heavy atom. The molecule has 0 aliphatic rings. The monoisotopic (exact) mass is 272 g/mol. The Kier molecular flexibility index (Phi) is 4.26. The van der Waals surface area contributed by atoms with Crippen LogP contribution in [0.25, 0.3) is 6.08 Å².